The lowest BCUT2D eigenvalue weighted by atomic mass is 9.88. The zero-order chi connectivity index (χ0) is 24.5. The van der Waals surface area contributed by atoms with E-state index < -0.39 is 34.6 Å². The Morgan fingerprint density at radius 3 is 2.79 bits per heavy atom. The summed E-state index contributed by atoms with van der Waals surface area (Å²) < 4.78 is 0. The molecule has 16 heteroatoms. The number of fused-ring (bicyclic) bond motifs is 1. The van der Waals surface area contributed by atoms with Gasteiger partial charge < -0.3 is 25.9 Å². The second-order valence-electron chi connectivity index (χ2n) is 7.44. The van der Waals surface area contributed by atoms with Crippen LogP contribution in [0.15, 0.2) is 21.0 Å². The molecule has 0 saturated carbocycles. The lowest BCUT2D eigenvalue weighted by molar-refractivity contribution is -0.154. The Balaban J connectivity index is 1.42. The SMILES string of the molecule is CON=C(C(=O)NC1C(=O)N2CC(C=NNc3nc(C)cs3)(C(=O)O)CS[C@H]12)c1csc(N)n1. The van der Waals surface area contributed by atoms with Gasteiger partial charge in [0, 0.05) is 29.3 Å². The number of β-lactam (4-membered cyclic amide) rings is 1. The largest absolute Gasteiger partial charge is 0.480 e. The molecular weight excluding hydrogens is 504 g/mol. The molecule has 3 atom stereocenters. The predicted molar refractivity (Wildman–Crippen MR) is 129 cm³/mol. The normalized spacial score (nSPS) is 24.5. The van der Waals surface area contributed by atoms with Crippen molar-refractivity contribution >= 4 is 74.4 Å². The molecule has 180 valence electrons. The lowest BCUT2D eigenvalue weighted by Crippen LogP contribution is -2.74. The highest BCUT2D eigenvalue weighted by molar-refractivity contribution is 8.00. The number of thioether (sulfide) groups is 1. The monoisotopic (exact) mass is 524 g/mol. The van der Waals surface area contributed by atoms with Gasteiger partial charge in [-0.15, -0.1) is 34.4 Å². The molecule has 2 aliphatic heterocycles. The number of thiazole rings is 2. The maximum atomic E-state index is 12.8. The van der Waals surface area contributed by atoms with Gasteiger partial charge in [0.05, 0.1) is 5.69 Å². The fraction of sp³-hybridized carbons (Fsp3) is 0.389. The number of carboxylic acids is 1. The highest BCUT2D eigenvalue weighted by Gasteiger charge is 2.57. The predicted octanol–water partition coefficient (Wildman–Crippen LogP) is 0.410. The van der Waals surface area contributed by atoms with Crippen LogP contribution < -0.4 is 16.5 Å². The number of carboxylic acid groups (broad SMARTS) is 1. The highest BCUT2D eigenvalue weighted by atomic mass is 32.2. The van der Waals surface area contributed by atoms with Gasteiger partial charge in [-0.2, -0.15) is 5.10 Å². The van der Waals surface area contributed by atoms with E-state index >= 15 is 0 Å². The summed E-state index contributed by atoms with van der Waals surface area (Å²) in [7, 11) is 1.29. The van der Waals surface area contributed by atoms with Crippen molar-refractivity contribution in [3.8, 4) is 0 Å². The standard InChI is InChI=1S/C18H20N8O5S3/c1-8-3-33-17(21-8)24-20-5-18(15(29)30)6-26-13(28)11(14(26)34-7-18)23-12(27)10(25-31-2)9-4-32-16(19)22-9/h3-5,11,14H,6-7H2,1-2H3,(H2,19,22)(H,21,24)(H,23,27)(H,29,30)/t11?,14-,18?/m1/s1. The van der Waals surface area contributed by atoms with Crippen LogP contribution in [0.4, 0.5) is 10.3 Å². The Kier molecular flexibility index (Phi) is 6.72. The molecular formula is C18H20N8O5S3. The molecule has 0 aromatic carbocycles. The quantitative estimate of drug-likeness (QED) is 0.214. The molecule has 0 spiro atoms. The van der Waals surface area contributed by atoms with Crippen molar-refractivity contribution in [3.05, 3.63) is 22.1 Å². The summed E-state index contributed by atoms with van der Waals surface area (Å²) in [5.74, 6) is -1.99. The number of carbonyl (C=O) groups is 3. The minimum atomic E-state index is -1.38. The second-order valence-corrected chi connectivity index (χ2v) is 10.3. The first-order valence-electron chi connectivity index (χ1n) is 9.75. The van der Waals surface area contributed by atoms with E-state index in [-0.39, 0.29) is 28.8 Å². The van der Waals surface area contributed by atoms with E-state index in [2.05, 4.69) is 31.0 Å². The van der Waals surface area contributed by atoms with Gasteiger partial charge in [-0.3, -0.25) is 19.8 Å². The van der Waals surface area contributed by atoms with Crippen molar-refractivity contribution in [1.29, 1.82) is 0 Å². The third-order valence-corrected chi connectivity index (χ3v) is 8.16. The van der Waals surface area contributed by atoms with Gasteiger partial charge in [-0.25, -0.2) is 9.97 Å². The first-order chi connectivity index (χ1) is 16.2. The summed E-state index contributed by atoms with van der Waals surface area (Å²) >= 11 is 3.73. The van der Waals surface area contributed by atoms with Crippen LogP contribution in [0.2, 0.25) is 0 Å². The van der Waals surface area contributed by atoms with Crippen LogP contribution in [-0.4, -0.2) is 80.5 Å². The summed E-state index contributed by atoms with van der Waals surface area (Å²) in [6, 6.07) is -0.837. The van der Waals surface area contributed by atoms with E-state index in [1.54, 1.807) is 5.38 Å². The van der Waals surface area contributed by atoms with Crippen LogP contribution in [0.25, 0.3) is 0 Å². The Bertz CT molecular complexity index is 1180. The van der Waals surface area contributed by atoms with Gasteiger partial charge in [-0.05, 0) is 6.92 Å². The van der Waals surface area contributed by atoms with Crippen molar-refractivity contribution in [2.45, 2.75) is 18.3 Å². The average molecular weight is 525 g/mol. The number of nitrogens with zero attached hydrogens (tertiary/aromatic N) is 5. The zero-order valence-corrected chi connectivity index (χ0v) is 20.4. The van der Waals surface area contributed by atoms with Crippen molar-refractivity contribution in [3.63, 3.8) is 0 Å². The number of rotatable bonds is 8. The van der Waals surface area contributed by atoms with E-state index in [1.807, 2.05) is 12.3 Å². The highest BCUT2D eigenvalue weighted by Crippen LogP contribution is 2.41. The molecule has 0 aliphatic carbocycles. The van der Waals surface area contributed by atoms with Crippen LogP contribution in [0.5, 0.6) is 0 Å². The number of hydrogen-bond acceptors (Lipinski definition) is 13. The van der Waals surface area contributed by atoms with Gasteiger partial charge >= 0.3 is 5.97 Å². The first kappa shape index (κ1) is 23.9. The van der Waals surface area contributed by atoms with Crippen molar-refractivity contribution in [2.75, 3.05) is 30.6 Å². The number of aliphatic carboxylic acids is 1. The van der Waals surface area contributed by atoms with Gasteiger partial charge in [0.15, 0.2) is 10.8 Å². The molecule has 2 saturated heterocycles. The summed E-state index contributed by atoms with van der Waals surface area (Å²) in [6.07, 6.45) is 1.30. The maximum Gasteiger partial charge on any atom is 0.317 e. The number of oxime groups is 1. The molecule has 0 radical (unpaired) electrons. The molecule has 2 aliphatic rings. The number of aromatic nitrogens is 2. The van der Waals surface area contributed by atoms with Gasteiger partial charge in [0.25, 0.3) is 5.91 Å². The van der Waals surface area contributed by atoms with Crippen LogP contribution >= 0.6 is 34.4 Å². The number of nitrogens with two attached hydrogens (primary N) is 1. The molecule has 2 amide bonds. The molecule has 5 N–H and O–H groups in total. The topological polar surface area (TPSA) is 184 Å². The Morgan fingerprint density at radius 1 is 1.38 bits per heavy atom. The summed E-state index contributed by atoms with van der Waals surface area (Å²) in [6.45, 7) is 1.76. The molecule has 2 unspecified atom stereocenters. The fourth-order valence-electron chi connectivity index (χ4n) is 3.38. The molecule has 0 bridgehead atoms. The summed E-state index contributed by atoms with van der Waals surface area (Å²) in [5, 5.41) is 24.0. The number of amides is 2. The number of hydrogen-bond donors (Lipinski definition) is 4. The van der Waals surface area contributed by atoms with E-state index in [4.69, 9.17) is 10.6 Å². The molecule has 2 aromatic rings. The number of anilines is 2. The van der Waals surface area contributed by atoms with E-state index in [9.17, 15) is 19.5 Å². The van der Waals surface area contributed by atoms with Gasteiger partial charge in [-0.1, -0.05) is 5.16 Å². The first-order valence-corrected chi connectivity index (χ1v) is 12.6. The fourth-order valence-corrected chi connectivity index (χ4v) is 6.05. The van der Waals surface area contributed by atoms with E-state index in [0.29, 0.717) is 5.13 Å². The summed E-state index contributed by atoms with van der Waals surface area (Å²) in [5.41, 5.74) is 7.91. The van der Waals surface area contributed by atoms with Crippen molar-refractivity contribution < 1.29 is 24.3 Å². The minimum absolute atomic E-state index is 0.0745. The molecule has 13 nitrogen and oxygen atoms in total. The van der Waals surface area contributed by atoms with Crippen LogP contribution in [-0.2, 0) is 19.2 Å². The number of nitrogen functional groups attached to an aromatic ring is 1. The molecule has 2 aromatic heterocycles. The average Bonchev–Trinajstić information content (AvgIpc) is 3.43. The van der Waals surface area contributed by atoms with Crippen LogP contribution in [0.3, 0.4) is 0 Å². The molecule has 34 heavy (non-hydrogen) atoms. The second kappa shape index (κ2) is 9.55. The molecule has 2 fully saturated rings. The van der Waals surface area contributed by atoms with Gasteiger partial charge in [0.2, 0.25) is 11.0 Å². The van der Waals surface area contributed by atoms with E-state index in [0.717, 1.165) is 17.0 Å². The smallest absolute Gasteiger partial charge is 0.317 e. The maximum absolute atomic E-state index is 12.8. The van der Waals surface area contributed by atoms with E-state index in [1.165, 1.54) is 41.3 Å². The number of carbonyl (C=O) groups excluding carboxylic acids is 2. The van der Waals surface area contributed by atoms with Crippen molar-refractivity contribution in [2.24, 2.45) is 15.7 Å². The number of aryl methyl sites for hydroxylation is 1. The Morgan fingerprint density at radius 2 is 2.18 bits per heavy atom. The van der Waals surface area contributed by atoms with Crippen LogP contribution in [0.1, 0.15) is 11.4 Å². The summed E-state index contributed by atoms with van der Waals surface area (Å²) in [4.78, 5) is 52.0. The third kappa shape index (κ3) is 4.55. The van der Waals surface area contributed by atoms with Crippen LogP contribution in [0, 0.1) is 12.3 Å². The minimum Gasteiger partial charge on any atom is -0.480 e. The zero-order valence-electron chi connectivity index (χ0n) is 17.9. The Labute approximate surface area is 205 Å². The number of hydrazone groups is 1. The third-order valence-electron chi connectivity index (χ3n) is 5.07. The van der Waals surface area contributed by atoms with Crippen molar-refractivity contribution in [1.82, 2.24) is 20.2 Å². The molecule has 4 heterocycles. The lowest BCUT2D eigenvalue weighted by Gasteiger charge is -2.52. The molecule has 4 rings (SSSR count). The Hall–Kier alpha value is -3.24. The van der Waals surface area contributed by atoms with Gasteiger partial charge in [0.1, 0.15) is 29.6 Å². The number of nitrogens with one attached hydrogen (secondary N) is 2.